The Bertz CT molecular complexity index is 1030. The Balaban J connectivity index is 1.35. The van der Waals surface area contributed by atoms with E-state index in [1.165, 1.54) is 36.1 Å². The van der Waals surface area contributed by atoms with Gasteiger partial charge in [-0.2, -0.15) is 9.46 Å². The third-order valence-electron chi connectivity index (χ3n) is 7.34. The number of rotatable bonds is 5. The molecule has 1 aliphatic heterocycles. The predicted molar refractivity (Wildman–Crippen MR) is 118 cm³/mol. The monoisotopic (exact) mass is 448 g/mol. The van der Waals surface area contributed by atoms with Gasteiger partial charge in [0.25, 0.3) is 17.4 Å². The minimum absolute atomic E-state index is 0.196. The van der Waals surface area contributed by atoms with Gasteiger partial charge in [0, 0.05) is 43.6 Å². The Morgan fingerprint density at radius 1 is 1.16 bits per heavy atom. The lowest BCUT2D eigenvalue weighted by Crippen LogP contribution is -2.43. The topological polar surface area (TPSA) is 102 Å². The van der Waals surface area contributed by atoms with Crippen molar-refractivity contribution in [2.24, 2.45) is 22.1 Å². The first-order valence-corrected chi connectivity index (χ1v) is 13.4. The van der Waals surface area contributed by atoms with Crippen molar-refractivity contribution in [3.8, 4) is 0 Å². The normalized spacial score (nSPS) is 27.8. The summed E-state index contributed by atoms with van der Waals surface area (Å²) in [4.78, 5) is 38.7. The van der Waals surface area contributed by atoms with Gasteiger partial charge < -0.3 is 4.90 Å². The summed E-state index contributed by atoms with van der Waals surface area (Å²) in [5, 5.41) is 3.94. The number of amides is 2. The number of aryl methyl sites for hydroxylation is 1. The van der Waals surface area contributed by atoms with Gasteiger partial charge in [-0.3, -0.25) is 14.4 Å². The maximum Gasteiger partial charge on any atom is 0.274 e. The van der Waals surface area contributed by atoms with Gasteiger partial charge in [0.15, 0.2) is 0 Å². The van der Waals surface area contributed by atoms with Gasteiger partial charge in [0.2, 0.25) is 0 Å². The Morgan fingerprint density at radius 3 is 2.52 bits per heavy atom. The molecule has 4 unspecified atom stereocenters. The van der Waals surface area contributed by atoms with Gasteiger partial charge >= 0.3 is 0 Å². The number of likely N-dealkylation sites (tertiary alicyclic amines) is 1. The van der Waals surface area contributed by atoms with Crippen LogP contribution in [0.25, 0.3) is 0 Å². The third-order valence-corrected chi connectivity index (χ3v) is 9.61. The Kier molecular flexibility index (Phi) is 6.32. The minimum atomic E-state index is -2.64. The van der Waals surface area contributed by atoms with Crippen LogP contribution in [0.2, 0.25) is 0 Å². The van der Waals surface area contributed by atoms with Gasteiger partial charge in [0.05, 0.1) is 9.73 Å². The molecular weight excluding hydrogens is 416 g/mol. The quantitative estimate of drug-likeness (QED) is 0.688. The van der Waals surface area contributed by atoms with Crippen molar-refractivity contribution < 1.29 is 13.8 Å². The molecule has 170 valence electrons. The summed E-state index contributed by atoms with van der Waals surface area (Å²) in [6.07, 6.45) is 7.99. The van der Waals surface area contributed by atoms with Gasteiger partial charge in [-0.1, -0.05) is 6.42 Å². The van der Waals surface area contributed by atoms with Crippen LogP contribution in [0, 0.1) is 17.8 Å². The van der Waals surface area contributed by atoms with E-state index in [2.05, 4.69) is 9.46 Å². The minimum Gasteiger partial charge on any atom is -0.337 e. The highest BCUT2D eigenvalue weighted by Gasteiger charge is 2.40. The fourth-order valence-electron chi connectivity index (χ4n) is 5.61. The zero-order valence-electron chi connectivity index (χ0n) is 18.4. The van der Waals surface area contributed by atoms with E-state index >= 15 is 0 Å². The molecule has 4 rings (SSSR count). The lowest BCUT2D eigenvalue weighted by atomic mass is 9.86. The van der Waals surface area contributed by atoms with Crippen molar-refractivity contribution in [3.63, 3.8) is 0 Å². The lowest BCUT2D eigenvalue weighted by Gasteiger charge is -2.32. The third kappa shape index (κ3) is 4.76. The zero-order valence-corrected chi connectivity index (χ0v) is 19.2. The van der Waals surface area contributed by atoms with Gasteiger partial charge in [0.1, 0.15) is 5.69 Å². The molecule has 3 fully saturated rings. The molecule has 31 heavy (non-hydrogen) atoms. The molecule has 4 atom stereocenters. The second-order valence-electron chi connectivity index (χ2n) is 9.35. The molecule has 1 aromatic heterocycles. The SMILES string of the molecule is CCn1nc(C(=O)N2CCC(S(C)(=O)=NC(=O)CC3CC4CCC3C4)CC2)ccc1=O. The molecule has 2 saturated carbocycles. The highest BCUT2D eigenvalue weighted by Crippen LogP contribution is 2.49. The van der Waals surface area contributed by atoms with Crippen molar-refractivity contribution >= 4 is 21.5 Å². The number of nitrogens with zero attached hydrogens (tertiary/aromatic N) is 4. The average Bonchev–Trinajstić information content (AvgIpc) is 3.36. The van der Waals surface area contributed by atoms with E-state index in [1.807, 2.05) is 0 Å². The predicted octanol–water partition coefficient (Wildman–Crippen LogP) is 2.32. The molecule has 0 N–H and O–H groups in total. The second kappa shape index (κ2) is 8.84. The molecule has 0 aromatic carbocycles. The molecule has 2 bridgehead atoms. The Hall–Kier alpha value is -2.03. The number of carbonyl (C=O) groups is 2. The van der Waals surface area contributed by atoms with Gasteiger partial charge in [-0.15, -0.1) is 0 Å². The molecule has 2 amide bonds. The summed E-state index contributed by atoms with van der Waals surface area (Å²) < 4.78 is 18.6. The lowest BCUT2D eigenvalue weighted by molar-refractivity contribution is -0.118. The van der Waals surface area contributed by atoms with Crippen molar-refractivity contribution in [2.45, 2.75) is 63.7 Å². The first kappa shape index (κ1) is 22.2. The zero-order chi connectivity index (χ0) is 22.2. The fraction of sp³-hybridized carbons (Fsp3) is 0.727. The van der Waals surface area contributed by atoms with Crippen molar-refractivity contribution in [1.29, 1.82) is 0 Å². The highest BCUT2D eigenvalue weighted by molar-refractivity contribution is 7.93. The van der Waals surface area contributed by atoms with Crippen LogP contribution in [0.5, 0.6) is 0 Å². The van der Waals surface area contributed by atoms with E-state index in [0.29, 0.717) is 50.7 Å². The number of carbonyl (C=O) groups excluding carboxylic acids is 2. The fourth-order valence-corrected chi connectivity index (χ4v) is 7.33. The molecule has 1 saturated heterocycles. The van der Waals surface area contributed by atoms with Gasteiger partial charge in [-0.25, -0.2) is 8.89 Å². The summed E-state index contributed by atoms with van der Waals surface area (Å²) in [7, 11) is -2.64. The number of fused-ring (bicyclic) bond motifs is 2. The van der Waals surface area contributed by atoms with Crippen LogP contribution in [0.4, 0.5) is 0 Å². The number of piperidine rings is 1. The average molecular weight is 449 g/mol. The number of aromatic nitrogens is 2. The number of hydrogen-bond acceptors (Lipinski definition) is 5. The maximum atomic E-state index is 13.2. The summed E-state index contributed by atoms with van der Waals surface area (Å²) in [6.45, 7) is 3.08. The van der Waals surface area contributed by atoms with Gasteiger partial charge in [-0.05, 0) is 62.8 Å². The van der Waals surface area contributed by atoms with E-state index in [0.717, 1.165) is 12.3 Å². The summed E-state index contributed by atoms with van der Waals surface area (Å²) >= 11 is 0. The van der Waals surface area contributed by atoms with Crippen LogP contribution in [-0.4, -0.2) is 55.3 Å². The molecule has 2 aliphatic carbocycles. The summed E-state index contributed by atoms with van der Waals surface area (Å²) in [5.74, 6) is 1.41. The van der Waals surface area contributed by atoms with E-state index < -0.39 is 9.73 Å². The first-order chi connectivity index (χ1) is 14.8. The highest BCUT2D eigenvalue weighted by atomic mass is 32.2. The van der Waals surface area contributed by atoms with Crippen LogP contribution in [0.15, 0.2) is 21.3 Å². The van der Waals surface area contributed by atoms with Crippen LogP contribution in [0.1, 0.15) is 62.4 Å². The van der Waals surface area contributed by atoms with Crippen molar-refractivity contribution in [2.75, 3.05) is 19.3 Å². The largest absolute Gasteiger partial charge is 0.337 e. The van der Waals surface area contributed by atoms with E-state index in [4.69, 9.17) is 0 Å². The smallest absolute Gasteiger partial charge is 0.274 e. The summed E-state index contributed by atoms with van der Waals surface area (Å²) in [6, 6.07) is 2.81. The molecule has 2 heterocycles. The Labute approximate surface area is 183 Å². The molecule has 0 spiro atoms. The van der Waals surface area contributed by atoms with E-state index in [1.54, 1.807) is 18.1 Å². The van der Waals surface area contributed by atoms with Crippen LogP contribution in [-0.2, 0) is 21.1 Å². The van der Waals surface area contributed by atoms with E-state index in [9.17, 15) is 18.6 Å². The molecule has 1 aromatic rings. The maximum absolute atomic E-state index is 13.2. The standard InChI is InChI=1S/C22H32N4O4S/c1-3-26-21(28)7-6-19(23-26)22(29)25-10-8-18(9-11-25)31(2,30)24-20(27)14-17-13-15-4-5-16(17)12-15/h6-7,15-18H,3-5,8-14H2,1-2H3. The van der Waals surface area contributed by atoms with Crippen molar-refractivity contribution in [1.82, 2.24) is 14.7 Å². The van der Waals surface area contributed by atoms with Crippen LogP contribution < -0.4 is 5.56 Å². The second-order valence-corrected chi connectivity index (χ2v) is 11.9. The van der Waals surface area contributed by atoms with Crippen LogP contribution >= 0.6 is 0 Å². The molecular formula is C22H32N4O4S. The molecule has 9 heteroatoms. The number of hydrogen-bond donors (Lipinski definition) is 0. The van der Waals surface area contributed by atoms with Crippen molar-refractivity contribution in [3.05, 3.63) is 28.2 Å². The first-order valence-electron chi connectivity index (χ1n) is 11.4. The molecule has 0 radical (unpaired) electrons. The van der Waals surface area contributed by atoms with E-state index in [-0.39, 0.29) is 28.3 Å². The molecule has 8 nitrogen and oxygen atoms in total. The molecule has 3 aliphatic rings. The Morgan fingerprint density at radius 2 is 1.90 bits per heavy atom. The van der Waals surface area contributed by atoms with Crippen LogP contribution in [0.3, 0.4) is 0 Å². The summed E-state index contributed by atoms with van der Waals surface area (Å²) in [5.41, 5.74) is 0.00282.